The number of hydrogen-bond donors (Lipinski definition) is 0. The maximum atomic E-state index is 13.6. The molecule has 1 aromatic heterocycles. The number of halogens is 3. The van der Waals surface area contributed by atoms with Gasteiger partial charge in [0.05, 0.1) is 5.56 Å². The van der Waals surface area contributed by atoms with Crippen molar-refractivity contribution in [2.24, 2.45) is 0 Å². The van der Waals surface area contributed by atoms with Gasteiger partial charge in [0.15, 0.2) is 0 Å². The highest BCUT2D eigenvalue weighted by Crippen LogP contribution is 2.48. The van der Waals surface area contributed by atoms with Crippen molar-refractivity contribution in [3.8, 4) is 44.5 Å². The molecule has 10 aromatic carbocycles. The van der Waals surface area contributed by atoms with Crippen LogP contribution in [0, 0.1) is 0 Å². The zero-order valence-electron chi connectivity index (χ0n) is 30.4. The molecule has 0 spiro atoms. The van der Waals surface area contributed by atoms with Gasteiger partial charge in [-0.1, -0.05) is 164 Å². The van der Waals surface area contributed by atoms with Crippen LogP contribution in [0.5, 0.6) is 0 Å². The summed E-state index contributed by atoms with van der Waals surface area (Å²) in [5.74, 6) is 0. The van der Waals surface area contributed by atoms with Gasteiger partial charge in [-0.3, -0.25) is 0 Å². The third-order valence-corrected chi connectivity index (χ3v) is 11.5. The molecule has 4 heteroatoms. The van der Waals surface area contributed by atoms with Crippen molar-refractivity contribution >= 4 is 65.0 Å². The molecule has 270 valence electrons. The lowest BCUT2D eigenvalue weighted by molar-refractivity contribution is -0.137. The van der Waals surface area contributed by atoms with Crippen molar-refractivity contribution in [3.05, 3.63) is 194 Å². The maximum Gasteiger partial charge on any atom is 0.416 e. The minimum Gasteiger partial charge on any atom is -0.455 e. The number of para-hydroxylation sites is 1. The first-order chi connectivity index (χ1) is 27.9. The van der Waals surface area contributed by atoms with Crippen molar-refractivity contribution in [1.29, 1.82) is 0 Å². The second kappa shape index (κ2) is 12.7. The van der Waals surface area contributed by atoms with E-state index < -0.39 is 11.7 Å². The van der Waals surface area contributed by atoms with Crippen LogP contribution in [-0.4, -0.2) is 0 Å². The Morgan fingerprint density at radius 2 is 0.719 bits per heavy atom. The van der Waals surface area contributed by atoms with E-state index in [9.17, 15) is 13.2 Å². The molecule has 0 saturated carbocycles. The van der Waals surface area contributed by atoms with E-state index in [0.717, 1.165) is 71.3 Å². The van der Waals surface area contributed by atoms with Crippen LogP contribution in [0.15, 0.2) is 192 Å². The third-order valence-electron chi connectivity index (χ3n) is 11.5. The van der Waals surface area contributed by atoms with Gasteiger partial charge in [-0.2, -0.15) is 13.2 Å². The summed E-state index contributed by atoms with van der Waals surface area (Å²) >= 11 is 0. The molecule has 0 saturated heterocycles. The predicted molar refractivity (Wildman–Crippen MR) is 230 cm³/mol. The summed E-state index contributed by atoms with van der Waals surface area (Å²) in [6.07, 6.45) is -4.41. The summed E-state index contributed by atoms with van der Waals surface area (Å²) in [6.45, 7) is 0. The van der Waals surface area contributed by atoms with Gasteiger partial charge in [0.2, 0.25) is 0 Å². The first-order valence-electron chi connectivity index (χ1n) is 19.0. The number of rotatable bonds is 4. The van der Waals surface area contributed by atoms with Crippen LogP contribution in [0.3, 0.4) is 0 Å². The van der Waals surface area contributed by atoms with Gasteiger partial charge in [-0.05, 0) is 101 Å². The van der Waals surface area contributed by atoms with Gasteiger partial charge >= 0.3 is 6.18 Å². The first-order valence-corrected chi connectivity index (χ1v) is 19.0. The average molecular weight is 741 g/mol. The highest BCUT2D eigenvalue weighted by Gasteiger charge is 2.30. The standard InChI is InChI=1S/C53H31F3O/c54-53(55,56)35-28-25-33(26-29-35)49-41-19-8-10-21-43(41)51(44-22-11-9-20-42(44)49)46-24-12-23-45-36-30-27-34(31-47(36)57-52(45)46)50-39-17-6-4-15-37(39)48(32-13-2-1-3-14-32)38-16-5-7-18-40(38)50/h1-31H. The number of benzene rings is 10. The molecule has 11 rings (SSSR count). The summed E-state index contributed by atoms with van der Waals surface area (Å²) in [5, 5.41) is 10.7. The average Bonchev–Trinajstić information content (AvgIpc) is 3.63. The fraction of sp³-hybridized carbons (Fsp3) is 0.0189. The Hall–Kier alpha value is -7.17. The van der Waals surface area contributed by atoms with Gasteiger partial charge in [-0.15, -0.1) is 0 Å². The molecule has 0 unspecified atom stereocenters. The van der Waals surface area contributed by atoms with Crippen LogP contribution in [-0.2, 0) is 6.18 Å². The fourth-order valence-electron chi connectivity index (χ4n) is 9.06. The maximum absolute atomic E-state index is 13.6. The van der Waals surface area contributed by atoms with Crippen LogP contribution >= 0.6 is 0 Å². The van der Waals surface area contributed by atoms with Gasteiger partial charge in [0.1, 0.15) is 11.2 Å². The zero-order chi connectivity index (χ0) is 38.3. The molecule has 0 fully saturated rings. The Morgan fingerprint density at radius 3 is 1.21 bits per heavy atom. The van der Waals surface area contributed by atoms with E-state index in [4.69, 9.17) is 4.42 Å². The zero-order valence-corrected chi connectivity index (χ0v) is 30.4. The van der Waals surface area contributed by atoms with Gasteiger partial charge in [-0.25, -0.2) is 0 Å². The van der Waals surface area contributed by atoms with Crippen LogP contribution in [0.4, 0.5) is 13.2 Å². The SMILES string of the molecule is FC(F)(F)c1ccc(-c2c3ccccc3c(-c3cccc4c3oc3cc(-c5c6ccccc6c(-c6ccccc6)c6ccccc56)ccc34)c3ccccc23)cc1. The molecule has 0 bridgehead atoms. The molecular weight excluding hydrogens is 710 g/mol. The molecule has 0 radical (unpaired) electrons. The fourth-order valence-corrected chi connectivity index (χ4v) is 9.06. The molecule has 1 heterocycles. The number of alkyl halides is 3. The van der Waals surface area contributed by atoms with Gasteiger partial charge in [0.25, 0.3) is 0 Å². The summed E-state index contributed by atoms with van der Waals surface area (Å²) in [6, 6.07) is 62.6. The quantitative estimate of drug-likeness (QED) is 0.164. The highest BCUT2D eigenvalue weighted by molar-refractivity contribution is 6.25. The number of fused-ring (bicyclic) bond motifs is 7. The van der Waals surface area contributed by atoms with Crippen LogP contribution < -0.4 is 0 Å². The van der Waals surface area contributed by atoms with E-state index in [-0.39, 0.29) is 0 Å². The van der Waals surface area contributed by atoms with Gasteiger partial charge < -0.3 is 4.42 Å². The number of hydrogen-bond acceptors (Lipinski definition) is 1. The summed E-state index contributed by atoms with van der Waals surface area (Å²) in [4.78, 5) is 0. The molecule has 1 nitrogen and oxygen atoms in total. The van der Waals surface area contributed by atoms with Crippen LogP contribution in [0.25, 0.3) is 110 Å². The summed E-state index contributed by atoms with van der Waals surface area (Å²) in [5.41, 5.74) is 9.18. The monoisotopic (exact) mass is 740 g/mol. The molecule has 0 amide bonds. The van der Waals surface area contributed by atoms with Crippen molar-refractivity contribution in [1.82, 2.24) is 0 Å². The summed E-state index contributed by atoms with van der Waals surface area (Å²) < 4.78 is 47.7. The van der Waals surface area contributed by atoms with Crippen molar-refractivity contribution < 1.29 is 17.6 Å². The van der Waals surface area contributed by atoms with Gasteiger partial charge in [0, 0.05) is 21.9 Å². The van der Waals surface area contributed by atoms with E-state index >= 15 is 0 Å². The Bertz CT molecular complexity index is 3260. The second-order valence-electron chi connectivity index (χ2n) is 14.6. The van der Waals surface area contributed by atoms with Crippen molar-refractivity contribution in [3.63, 3.8) is 0 Å². The lowest BCUT2D eigenvalue weighted by Crippen LogP contribution is -2.04. The van der Waals surface area contributed by atoms with E-state index in [2.05, 4.69) is 140 Å². The normalized spacial score (nSPS) is 12.1. The van der Waals surface area contributed by atoms with Crippen molar-refractivity contribution in [2.75, 3.05) is 0 Å². The predicted octanol–water partition coefficient (Wildman–Crippen LogP) is 15.9. The molecule has 0 N–H and O–H groups in total. The van der Waals surface area contributed by atoms with E-state index in [0.29, 0.717) is 0 Å². The van der Waals surface area contributed by atoms with E-state index in [1.54, 1.807) is 12.1 Å². The topological polar surface area (TPSA) is 13.1 Å². The van der Waals surface area contributed by atoms with E-state index in [1.165, 1.54) is 50.4 Å². The van der Waals surface area contributed by atoms with Crippen LogP contribution in [0.2, 0.25) is 0 Å². The minimum atomic E-state index is -4.41. The molecular formula is C53H31F3O. The lowest BCUT2D eigenvalue weighted by atomic mass is 9.85. The van der Waals surface area contributed by atoms with Crippen molar-refractivity contribution in [2.45, 2.75) is 6.18 Å². The minimum absolute atomic E-state index is 0.665. The molecule has 0 aliphatic carbocycles. The first kappa shape index (κ1) is 33.2. The molecule has 0 aliphatic heterocycles. The third kappa shape index (κ3) is 5.18. The largest absolute Gasteiger partial charge is 0.455 e. The number of furan rings is 1. The Kier molecular flexibility index (Phi) is 7.39. The van der Waals surface area contributed by atoms with E-state index in [1.807, 2.05) is 24.3 Å². The Balaban J connectivity index is 1.14. The smallest absolute Gasteiger partial charge is 0.416 e. The lowest BCUT2D eigenvalue weighted by Gasteiger charge is -2.18. The molecule has 57 heavy (non-hydrogen) atoms. The second-order valence-corrected chi connectivity index (χ2v) is 14.6. The summed E-state index contributed by atoms with van der Waals surface area (Å²) in [7, 11) is 0. The molecule has 0 atom stereocenters. The van der Waals surface area contributed by atoms with Crippen LogP contribution in [0.1, 0.15) is 5.56 Å². The molecule has 11 aromatic rings. The Labute approximate surface area is 325 Å². The Morgan fingerprint density at radius 1 is 0.316 bits per heavy atom. The molecule has 0 aliphatic rings. The highest BCUT2D eigenvalue weighted by atomic mass is 19.4.